The van der Waals surface area contributed by atoms with E-state index in [9.17, 15) is 9.18 Å². The molecule has 1 fully saturated rings. The van der Waals surface area contributed by atoms with Crippen molar-refractivity contribution < 1.29 is 9.18 Å². The maximum absolute atomic E-state index is 14.4. The van der Waals surface area contributed by atoms with Gasteiger partial charge >= 0.3 is 0 Å². The number of carbonyl (C=O) groups is 1. The van der Waals surface area contributed by atoms with Gasteiger partial charge in [0, 0.05) is 44.3 Å². The third-order valence-corrected chi connectivity index (χ3v) is 4.38. The molecule has 3 heterocycles. The predicted molar refractivity (Wildman–Crippen MR) is 104 cm³/mol. The number of piperazine rings is 1. The van der Waals surface area contributed by atoms with Crippen LogP contribution in [0.3, 0.4) is 0 Å². The maximum Gasteiger partial charge on any atom is 0.275 e. The number of fused-ring (bicyclic) bond motifs is 1. The van der Waals surface area contributed by atoms with E-state index < -0.39 is 11.7 Å². The van der Waals surface area contributed by atoms with E-state index in [2.05, 4.69) is 25.5 Å². The highest BCUT2D eigenvalue weighted by atomic mass is 35.5. The monoisotopic (exact) mass is 390 g/mol. The van der Waals surface area contributed by atoms with Gasteiger partial charge in [-0.05, 0) is 25.1 Å². The second-order valence-electron chi connectivity index (χ2n) is 6.28. The zero-order valence-corrected chi connectivity index (χ0v) is 15.6. The predicted octanol–water partition coefficient (Wildman–Crippen LogP) is 2.26. The van der Waals surface area contributed by atoms with Crippen molar-refractivity contribution in [3.05, 3.63) is 54.0 Å². The molecule has 0 radical (unpaired) electrons. The number of imidazole rings is 1. The molecular formula is C18H20ClFN6O. The zero-order chi connectivity index (χ0) is 18.1. The van der Waals surface area contributed by atoms with Crippen molar-refractivity contribution in [1.82, 2.24) is 19.7 Å². The van der Waals surface area contributed by atoms with Crippen molar-refractivity contribution >= 4 is 35.3 Å². The molecule has 7 nitrogen and oxygen atoms in total. The second-order valence-corrected chi connectivity index (χ2v) is 6.28. The van der Waals surface area contributed by atoms with Crippen LogP contribution >= 0.6 is 12.4 Å². The summed E-state index contributed by atoms with van der Waals surface area (Å²) in [6.45, 7) is 5.28. The molecule has 1 aliphatic rings. The second kappa shape index (κ2) is 7.89. The van der Waals surface area contributed by atoms with Gasteiger partial charge in [0.05, 0.1) is 17.6 Å². The SMILES string of the molecule is Cc1cn2cc(C(=O)Nc3ccc(N4CCNCC4)cc3F)ncc2n1.Cl. The first-order chi connectivity index (χ1) is 12.6. The Hall–Kier alpha value is -2.71. The fourth-order valence-corrected chi connectivity index (χ4v) is 3.05. The largest absolute Gasteiger partial charge is 0.369 e. The van der Waals surface area contributed by atoms with Crippen LogP contribution in [0.25, 0.3) is 5.65 Å². The first kappa shape index (κ1) is 19.1. The Morgan fingerprint density at radius 1 is 1.26 bits per heavy atom. The molecule has 2 N–H and O–H groups in total. The van der Waals surface area contributed by atoms with Gasteiger partial charge < -0.3 is 19.9 Å². The number of nitrogens with one attached hydrogen (secondary N) is 2. The summed E-state index contributed by atoms with van der Waals surface area (Å²) in [5, 5.41) is 5.85. The Bertz CT molecular complexity index is 970. The minimum Gasteiger partial charge on any atom is -0.369 e. The highest BCUT2D eigenvalue weighted by Crippen LogP contribution is 2.23. The topological polar surface area (TPSA) is 74.6 Å². The van der Waals surface area contributed by atoms with Crippen LogP contribution in [0, 0.1) is 12.7 Å². The summed E-state index contributed by atoms with van der Waals surface area (Å²) in [6, 6.07) is 4.86. The number of benzene rings is 1. The lowest BCUT2D eigenvalue weighted by Crippen LogP contribution is -2.43. The van der Waals surface area contributed by atoms with E-state index in [1.54, 1.807) is 22.9 Å². The summed E-state index contributed by atoms with van der Waals surface area (Å²) in [5.41, 5.74) is 2.64. The van der Waals surface area contributed by atoms with Crippen LogP contribution in [0.2, 0.25) is 0 Å². The van der Waals surface area contributed by atoms with Crippen LogP contribution in [-0.2, 0) is 0 Å². The van der Waals surface area contributed by atoms with Gasteiger partial charge in [-0.25, -0.2) is 14.4 Å². The highest BCUT2D eigenvalue weighted by molar-refractivity contribution is 6.02. The first-order valence-corrected chi connectivity index (χ1v) is 8.48. The van der Waals surface area contributed by atoms with Crippen LogP contribution in [0.4, 0.5) is 15.8 Å². The number of carbonyl (C=O) groups excluding carboxylic acids is 1. The molecule has 1 amide bonds. The number of aryl methyl sites for hydroxylation is 1. The molecule has 142 valence electrons. The minimum absolute atomic E-state index is 0. The number of halogens is 2. The number of hydrogen-bond acceptors (Lipinski definition) is 5. The Morgan fingerprint density at radius 3 is 2.78 bits per heavy atom. The van der Waals surface area contributed by atoms with Gasteiger partial charge in [-0.1, -0.05) is 0 Å². The Balaban J connectivity index is 0.00000210. The molecule has 1 aliphatic heterocycles. The molecule has 0 unspecified atom stereocenters. The Kier molecular flexibility index (Phi) is 5.57. The zero-order valence-electron chi connectivity index (χ0n) is 14.8. The summed E-state index contributed by atoms with van der Waals surface area (Å²) in [7, 11) is 0. The molecule has 0 saturated carbocycles. The van der Waals surface area contributed by atoms with Crippen LogP contribution in [0.15, 0.2) is 36.8 Å². The number of aromatic nitrogens is 3. The molecule has 27 heavy (non-hydrogen) atoms. The fraction of sp³-hybridized carbons (Fsp3) is 0.278. The molecule has 1 saturated heterocycles. The number of nitrogens with zero attached hydrogens (tertiary/aromatic N) is 4. The minimum atomic E-state index is -0.466. The summed E-state index contributed by atoms with van der Waals surface area (Å²) in [5.74, 6) is -0.930. The quantitative estimate of drug-likeness (QED) is 0.717. The van der Waals surface area contributed by atoms with Crippen molar-refractivity contribution in [2.24, 2.45) is 0 Å². The Morgan fingerprint density at radius 2 is 2.04 bits per heavy atom. The molecule has 0 aliphatic carbocycles. The summed E-state index contributed by atoms with van der Waals surface area (Å²) < 4.78 is 16.2. The van der Waals surface area contributed by atoms with Crippen LogP contribution in [-0.4, -0.2) is 46.5 Å². The lowest BCUT2D eigenvalue weighted by atomic mass is 10.2. The van der Waals surface area contributed by atoms with Crippen molar-refractivity contribution in [1.29, 1.82) is 0 Å². The average molecular weight is 391 g/mol. The number of amides is 1. The van der Waals surface area contributed by atoms with E-state index in [0.29, 0.717) is 5.65 Å². The molecule has 0 atom stereocenters. The van der Waals surface area contributed by atoms with E-state index in [1.165, 1.54) is 12.3 Å². The summed E-state index contributed by atoms with van der Waals surface area (Å²) in [6.07, 6.45) is 4.90. The highest BCUT2D eigenvalue weighted by Gasteiger charge is 2.15. The van der Waals surface area contributed by atoms with E-state index in [4.69, 9.17) is 0 Å². The third-order valence-electron chi connectivity index (χ3n) is 4.38. The number of rotatable bonds is 3. The molecule has 0 spiro atoms. The van der Waals surface area contributed by atoms with Crippen LogP contribution in [0.5, 0.6) is 0 Å². The summed E-state index contributed by atoms with van der Waals surface area (Å²) in [4.78, 5) is 22.9. The lowest BCUT2D eigenvalue weighted by Gasteiger charge is -2.29. The van der Waals surface area contributed by atoms with E-state index in [-0.39, 0.29) is 23.8 Å². The van der Waals surface area contributed by atoms with Gasteiger partial charge in [0.15, 0.2) is 5.65 Å². The van der Waals surface area contributed by atoms with Crippen LogP contribution < -0.4 is 15.5 Å². The number of anilines is 2. The van der Waals surface area contributed by atoms with Gasteiger partial charge in [0.1, 0.15) is 11.5 Å². The van der Waals surface area contributed by atoms with Crippen molar-refractivity contribution in [3.63, 3.8) is 0 Å². The van der Waals surface area contributed by atoms with E-state index >= 15 is 0 Å². The van der Waals surface area contributed by atoms with Gasteiger partial charge in [0.25, 0.3) is 5.91 Å². The van der Waals surface area contributed by atoms with Gasteiger partial charge in [-0.2, -0.15) is 0 Å². The molecular weight excluding hydrogens is 371 g/mol. The maximum atomic E-state index is 14.4. The molecule has 9 heteroatoms. The molecule has 2 aromatic heterocycles. The Labute approximate surface area is 162 Å². The van der Waals surface area contributed by atoms with E-state index in [0.717, 1.165) is 37.6 Å². The van der Waals surface area contributed by atoms with Gasteiger partial charge in [0.2, 0.25) is 0 Å². The molecule has 0 bridgehead atoms. The van der Waals surface area contributed by atoms with E-state index in [1.807, 2.05) is 13.0 Å². The fourth-order valence-electron chi connectivity index (χ4n) is 3.05. The number of hydrogen-bond donors (Lipinski definition) is 2. The van der Waals surface area contributed by atoms with Gasteiger partial charge in [-0.3, -0.25) is 4.79 Å². The standard InChI is InChI=1S/C18H19FN6O.ClH/c1-12-10-25-11-16(21-9-17(25)22-12)18(26)23-15-3-2-13(8-14(15)19)24-6-4-20-5-7-24;/h2-3,8-11,20H,4-7H2,1H3,(H,23,26);1H. The lowest BCUT2D eigenvalue weighted by molar-refractivity contribution is 0.102. The first-order valence-electron chi connectivity index (χ1n) is 8.48. The molecule has 1 aromatic carbocycles. The van der Waals surface area contributed by atoms with Gasteiger partial charge in [-0.15, -0.1) is 12.4 Å². The van der Waals surface area contributed by atoms with Crippen molar-refractivity contribution in [2.45, 2.75) is 6.92 Å². The van der Waals surface area contributed by atoms with Crippen LogP contribution in [0.1, 0.15) is 16.2 Å². The normalized spacial score (nSPS) is 14.1. The summed E-state index contributed by atoms with van der Waals surface area (Å²) >= 11 is 0. The average Bonchev–Trinajstić information content (AvgIpc) is 3.03. The molecule has 3 aromatic rings. The third kappa shape index (κ3) is 4.01. The smallest absolute Gasteiger partial charge is 0.275 e. The van der Waals surface area contributed by atoms with Crippen molar-refractivity contribution in [2.75, 3.05) is 36.4 Å². The van der Waals surface area contributed by atoms with Crippen molar-refractivity contribution in [3.8, 4) is 0 Å². The molecule has 4 rings (SSSR count).